The SMILES string of the molecule is Cc1cnc(N2CCCCC2c2ncc[nH]2)c([N+](=O)[O-])c1. The van der Waals surface area contributed by atoms with Gasteiger partial charge >= 0.3 is 5.69 Å². The van der Waals surface area contributed by atoms with E-state index in [-0.39, 0.29) is 16.7 Å². The van der Waals surface area contributed by atoms with Crippen molar-refractivity contribution >= 4 is 11.5 Å². The van der Waals surface area contributed by atoms with Gasteiger partial charge in [0.25, 0.3) is 0 Å². The van der Waals surface area contributed by atoms with Crippen molar-refractivity contribution in [3.63, 3.8) is 0 Å². The number of hydrogen-bond donors (Lipinski definition) is 1. The van der Waals surface area contributed by atoms with Crippen LogP contribution in [0.2, 0.25) is 0 Å². The van der Waals surface area contributed by atoms with Crippen molar-refractivity contribution in [2.75, 3.05) is 11.4 Å². The van der Waals surface area contributed by atoms with E-state index in [0.717, 1.165) is 37.2 Å². The minimum Gasteiger partial charge on any atom is -0.347 e. The van der Waals surface area contributed by atoms with Crippen molar-refractivity contribution in [3.8, 4) is 0 Å². The second-order valence-corrected chi connectivity index (χ2v) is 5.29. The Balaban J connectivity index is 2.03. The van der Waals surface area contributed by atoms with Gasteiger partial charge in [0.1, 0.15) is 5.82 Å². The van der Waals surface area contributed by atoms with E-state index in [9.17, 15) is 10.1 Å². The number of rotatable bonds is 3. The Morgan fingerprint density at radius 2 is 2.29 bits per heavy atom. The van der Waals surface area contributed by atoms with E-state index in [2.05, 4.69) is 15.0 Å². The van der Waals surface area contributed by atoms with Crippen molar-refractivity contribution in [1.82, 2.24) is 15.0 Å². The largest absolute Gasteiger partial charge is 0.347 e. The van der Waals surface area contributed by atoms with Gasteiger partial charge in [-0.05, 0) is 31.7 Å². The van der Waals surface area contributed by atoms with Gasteiger partial charge < -0.3 is 9.88 Å². The van der Waals surface area contributed by atoms with Crippen LogP contribution in [0.1, 0.15) is 36.7 Å². The van der Waals surface area contributed by atoms with Crippen LogP contribution in [0.3, 0.4) is 0 Å². The molecule has 1 unspecified atom stereocenters. The summed E-state index contributed by atoms with van der Waals surface area (Å²) in [6.45, 7) is 2.56. The molecule has 0 bridgehead atoms. The molecule has 3 heterocycles. The standard InChI is InChI=1S/C14H17N5O2/c1-10-8-12(19(20)21)14(17-9-10)18-7-3-2-4-11(18)13-15-5-6-16-13/h5-6,8-9,11H,2-4,7H2,1H3,(H,15,16). The van der Waals surface area contributed by atoms with Crippen molar-refractivity contribution in [2.24, 2.45) is 0 Å². The summed E-state index contributed by atoms with van der Waals surface area (Å²) < 4.78 is 0. The average molecular weight is 287 g/mol. The zero-order valence-electron chi connectivity index (χ0n) is 11.8. The lowest BCUT2D eigenvalue weighted by Gasteiger charge is -2.35. The number of aromatic amines is 1. The number of aromatic nitrogens is 3. The zero-order valence-corrected chi connectivity index (χ0v) is 11.8. The van der Waals surface area contributed by atoms with E-state index in [1.54, 1.807) is 24.7 Å². The minimum absolute atomic E-state index is 0.0163. The topological polar surface area (TPSA) is 88.0 Å². The maximum absolute atomic E-state index is 11.3. The van der Waals surface area contributed by atoms with Crippen LogP contribution in [0, 0.1) is 17.0 Å². The number of anilines is 1. The molecule has 0 radical (unpaired) electrons. The smallest absolute Gasteiger partial charge is 0.311 e. The summed E-state index contributed by atoms with van der Waals surface area (Å²) in [6, 6.07) is 1.60. The molecular weight excluding hydrogens is 270 g/mol. The van der Waals surface area contributed by atoms with Crippen LogP contribution < -0.4 is 4.90 Å². The molecule has 0 aliphatic carbocycles. The van der Waals surface area contributed by atoms with E-state index in [4.69, 9.17) is 0 Å². The summed E-state index contributed by atoms with van der Waals surface area (Å²) in [4.78, 5) is 24.7. The molecule has 7 nitrogen and oxygen atoms in total. The highest BCUT2D eigenvalue weighted by atomic mass is 16.6. The van der Waals surface area contributed by atoms with Crippen LogP contribution in [0.15, 0.2) is 24.7 Å². The summed E-state index contributed by atoms with van der Waals surface area (Å²) in [5.74, 6) is 1.28. The number of pyridine rings is 1. The van der Waals surface area contributed by atoms with Gasteiger partial charge in [0, 0.05) is 31.2 Å². The van der Waals surface area contributed by atoms with Crippen LogP contribution in [-0.2, 0) is 0 Å². The molecule has 1 N–H and O–H groups in total. The predicted molar refractivity (Wildman–Crippen MR) is 78.2 cm³/mol. The lowest BCUT2D eigenvalue weighted by Crippen LogP contribution is -2.35. The lowest BCUT2D eigenvalue weighted by atomic mass is 10.0. The van der Waals surface area contributed by atoms with Gasteiger partial charge in [-0.3, -0.25) is 10.1 Å². The molecule has 1 aliphatic heterocycles. The van der Waals surface area contributed by atoms with Gasteiger partial charge in [-0.15, -0.1) is 0 Å². The predicted octanol–water partition coefficient (Wildman–Crippen LogP) is 2.75. The first kappa shape index (κ1) is 13.5. The van der Waals surface area contributed by atoms with Crippen LogP contribution in [0.25, 0.3) is 0 Å². The number of H-pyrrole nitrogens is 1. The fraction of sp³-hybridized carbons (Fsp3) is 0.429. The van der Waals surface area contributed by atoms with Crippen molar-refractivity contribution in [2.45, 2.75) is 32.2 Å². The Labute approximate surface area is 122 Å². The van der Waals surface area contributed by atoms with E-state index < -0.39 is 0 Å². The first-order valence-electron chi connectivity index (χ1n) is 7.04. The molecule has 1 saturated heterocycles. The van der Waals surface area contributed by atoms with E-state index in [0.29, 0.717) is 5.82 Å². The molecule has 0 spiro atoms. The van der Waals surface area contributed by atoms with E-state index in [1.165, 1.54) is 0 Å². The van der Waals surface area contributed by atoms with Crippen molar-refractivity contribution in [3.05, 3.63) is 46.2 Å². The molecule has 0 saturated carbocycles. The van der Waals surface area contributed by atoms with Gasteiger partial charge in [0.2, 0.25) is 5.82 Å². The van der Waals surface area contributed by atoms with Crippen molar-refractivity contribution in [1.29, 1.82) is 0 Å². The Hall–Kier alpha value is -2.44. The number of nitrogens with zero attached hydrogens (tertiary/aromatic N) is 4. The van der Waals surface area contributed by atoms with Gasteiger partial charge in [-0.1, -0.05) is 0 Å². The van der Waals surface area contributed by atoms with E-state index in [1.807, 2.05) is 11.8 Å². The van der Waals surface area contributed by atoms with E-state index >= 15 is 0 Å². The number of aryl methyl sites for hydroxylation is 1. The number of hydrogen-bond acceptors (Lipinski definition) is 5. The summed E-state index contributed by atoms with van der Waals surface area (Å²) in [5, 5.41) is 11.3. The molecule has 7 heteroatoms. The molecule has 1 fully saturated rings. The minimum atomic E-state index is -0.358. The Kier molecular flexibility index (Phi) is 3.55. The summed E-state index contributed by atoms with van der Waals surface area (Å²) in [7, 11) is 0. The third-order valence-electron chi connectivity index (χ3n) is 3.79. The molecule has 110 valence electrons. The molecule has 0 aromatic carbocycles. The monoisotopic (exact) mass is 287 g/mol. The third-order valence-corrected chi connectivity index (χ3v) is 3.79. The average Bonchev–Trinajstić information content (AvgIpc) is 3.01. The highest BCUT2D eigenvalue weighted by Crippen LogP contribution is 2.37. The number of nitrogens with one attached hydrogen (secondary N) is 1. The summed E-state index contributed by atoms with van der Waals surface area (Å²) in [5.41, 5.74) is 0.852. The van der Waals surface area contributed by atoms with Gasteiger partial charge in [0.05, 0.1) is 11.0 Å². The van der Waals surface area contributed by atoms with Gasteiger partial charge in [-0.25, -0.2) is 9.97 Å². The fourth-order valence-electron chi connectivity index (χ4n) is 2.83. The number of piperidine rings is 1. The molecule has 0 amide bonds. The quantitative estimate of drug-likeness (QED) is 0.692. The first-order valence-corrected chi connectivity index (χ1v) is 7.04. The maximum atomic E-state index is 11.3. The fourth-order valence-corrected chi connectivity index (χ4v) is 2.83. The molecule has 21 heavy (non-hydrogen) atoms. The molecule has 2 aromatic rings. The van der Waals surface area contributed by atoms with Crippen LogP contribution >= 0.6 is 0 Å². The summed E-state index contributed by atoms with van der Waals surface area (Å²) >= 11 is 0. The Bertz CT molecular complexity index is 641. The molecule has 1 aliphatic rings. The van der Waals surface area contributed by atoms with Crippen LogP contribution in [0.4, 0.5) is 11.5 Å². The second-order valence-electron chi connectivity index (χ2n) is 5.29. The third kappa shape index (κ3) is 2.58. The maximum Gasteiger partial charge on any atom is 0.311 e. The van der Waals surface area contributed by atoms with Gasteiger partial charge in [0.15, 0.2) is 0 Å². The summed E-state index contributed by atoms with van der Waals surface area (Å²) in [6.07, 6.45) is 8.17. The highest BCUT2D eigenvalue weighted by Gasteiger charge is 2.31. The number of nitro groups is 1. The molecule has 3 rings (SSSR count). The second kappa shape index (κ2) is 5.51. The first-order chi connectivity index (χ1) is 10.2. The van der Waals surface area contributed by atoms with Crippen molar-refractivity contribution < 1.29 is 4.92 Å². The van der Waals surface area contributed by atoms with Crippen LogP contribution in [-0.4, -0.2) is 26.4 Å². The molecule has 2 aromatic heterocycles. The van der Waals surface area contributed by atoms with Crippen LogP contribution in [0.5, 0.6) is 0 Å². The lowest BCUT2D eigenvalue weighted by molar-refractivity contribution is -0.384. The normalized spacial score (nSPS) is 18.7. The zero-order chi connectivity index (χ0) is 14.8. The highest BCUT2D eigenvalue weighted by molar-refractivity contribution is 5.59. The Morgan fingerprint density at radius 1 is 1.43 bits per heavy atom. The molecule has 1 atom stereocenters. The number of imidazole rings is 1. The molecular formula is C14H17N5O2. The Morgan fingerprint density at radius 3 is 3.00 bits per heavy atom. The van der Waals surface area contributed by atoms with Gasteiger partial charge in [-0.2, -0.15) is 0 Å².